The predicted octanol–water partition coefficient (Wildman–Crippen LogP) is 3.84. The molecule has 3 rings (SSSR count). The number of rotatable bonds is 9. The third-order valence-corrected chi connectivity index (χ3v) is 4.04. The maximum Gasteiger partial charge on any atom is 0.262 e. The molecule has 27 heavy (non-hydrogen) atoms. The van der Waals surface area contributed by atoms with Gasteiger partial charge in [0, 0.05) is 17.7 Å². The molecule has 0 aromatic heterocycles. The monoisotopic (exact) mass is 368 g/mol. The number of anilines is 2. The third-order valence-electron chi connectivity index (χ3n) is 4.04. The molecule has 2 N–H and O–H groups in total. The van der Waals surface area contributed by atoms with E-state index in [0.717, 1.165) is 19.3 Å². The van der Waals surface area contributed by atoms with Crippen molar-refractivity contribution in [1.82, 2.24) is 0 Å². The first-order chi connectivity index (χ1) is 13.2. The Morgan fingerprint density at radius 3 is 2.63 bits per heavy atom. The van der Waals surface area contributed by atoms with Gasteiger partial charge in [-0.3, -0.25) is 9.59 Å². The zero-order valence-corrected chi connectivity index (χ0v) is 15.4. The van der Waals surface area contributed by atoms with Crippen LogP contribution in [0.5, 0.6) is 11.5 Å². The summed E-state index contributed by atoms with van der Waals surface area (Å²) in [5.74, 6) is 1.05. The Morgan fingerprint density at radius 1 is 1.04 bits per heavy atom. The Labute approximate surface area is 158 Å². The molecule has 2 aromatic carbocycles. The van der Waals surface area contributed by atoms with E-state index in [1.165, 1.54) is 0 Å². The molecule has 0 spiro atoms. The molecule has 6 nitrogen and oxygen atoms in total. The zero-order chi connectivity index (χ0) is 19.1. The van der Waals surface area contributed by atoms with E-state index in [1.807, 2.05) is 25.1 Å². The number of benzene rings is 2. The van der Waals surface area contributed by atoms with Crippen LogP contribution in [0.3, 0.4) is 0 Å². The molecule has 0 bridgehead atoms. The summed E-state index contributed by atoms with van der Waals surface area (Å²) in [6.07, 6.45) is 2.79. The lowest BCUT2D eigenvalue weighted by molar-refractivity contribution is -0.118. The van der Waals surface area contributed by atoms with Crippen molar-refractivity contribution in [3.8, 4) is 11.5 Å². The molecule has 1 fully saturated rings. The molecule has 142 valence electrons. The van der Waals surface area contributed by atoms with Gasteiger partial charge in [0.15, 0.2) is 6.61 Å². The standard InChI is InChI=1S/C21H24N2O4/c1-2-12-26-19-9-4-3-8-18(19)23-20(24)14-27-17-7-5-6-16(13-17)22-21(25)15-10-11-15/h3-9,13,15H,2,10-12,14H2,1H3,(H,22,25)(H,23,24). The van der Waals surface area contributed by atoms with Crippen LogP contribution in [0.2, 0.25) is 0 Å². The van der Waals surface area contributed by atoms with Crippen LogP contribution < -0.4 is 20.1 Å². The van der Waals surface area contributed by atoms with Crippen molar-refractivity contribution in [2.24, 2.45) is 5.92 Å². The molecular formula is C21H24N2O4. The van der Waals surface area contributed by atoms with Crippen molar-refractivity contribution >= 4 is 23.2 Å². The molecule has 0 heterocycles. The fraction of sp³-hybridized carbons (Fsp3) is 0.333. The summed E-state index contributed by atoms with van der Waals surface area (Å²) < 4.78 is 11.2. The van der Waals surface area contributed by atoms with E-state index in [2.05, 4.69) is 10.6 Å². The summed E-state index contributed by atoms with van der Waals surface area (Å²) in [5, 5.41) is 5.66. The number of carbonyl (C=O) groups excluding carboxylic acids is 2. The summed E-state index contributed by atoms with van der Waals surface area (Å²) in [5.41, 5.74) is 1.29. The van der Waals surface area contributed by atoms with Crippen LogP contribution in [0.25, 0.3) is 0 Å². The van der Waals surface area contributed by atoms with Gasteiger partial charge in [0.05, 0.1) is 12.3 Å². The van der Waals surface area contributed by atoms with Gasteiger partial charge in [-0.15, -0.1) is 0 Å². The lowest BCUT2D eigenvalue weighted by atomic mass is 10.3. The summed E-state index contributed by atoms with van der Waals surface area (Å²) in [7, 11) is 0. The number of hydrogen-bond acceptors (Lipinski definition) is 4. The number of hydrogen-bond donors (Lipinski definition) is 2. The van der Waals surface area contributed by atoms with Crippen molar-refractivity contribution < 1.29 is 19.1 Å². The van der Waals surface area contributed by atoms with Gasteiger partial charge < -0.3 is 20.1 Å². The smallest absolute Gasteiger partial charge is 0.262 e. The quantitative estimate of drug-likeness (QED) is 0.705. The Morgan fingerprint density at radius 2 is 1.85 bits per heavy atom. The molecule has 2 aromatic rings. The molecule has 0 aliphatic heterocycles. The van der Waals surface area contributed by atoms with E-state index in [-0.39, 0.29) is 24.3 Å². The molecule has 0 radical (unpaired) electrons. The van der Waals surface area contributed by atoms with Gasteiger partial charge in [0.2, 0.25) is 5.91 Å². The van der Waals surface area contributed by atoms with Crippen LogP contribution in [-0.4, -0.2) is 25.0 Å². The van der Waals surface area contributed by atoms with Gasteiger partial charge in [-0.2, -0.15) is 0 Å². The molecule has 0 unspecified atom stereocenters. The second-order valence-corrected chi connectivity index (χ2v) is 6.47. The van der Waals surface area contributed by atoms with E-state index < -0.39 is 0 Å². The van der Waals surface area contributed by atoms with Gasteiger partial charge in [0.25, 0.3) is 5.91 Å². The summed E-state index contributed by atoms with van der Waals surface area (Å²) >= 11 is 0. The van der Waals surface area contributed by atoms with Crippen molar-refractivity contribution in [1.29, 1.82) is 0 Å². The van der Waals surface area contributed by atoms with E-state index in [4.69, 9.17) is 9.47 Å². The van der Waals surface area contributed by atoms with Crippen molar-refractivity contribution in [3.05, 3.63) is 48.5 Å². The maximum absolute atomic E-state index is 12.2. The van der Waals surface area contributed by atoms with Gasteiger partial charge in [-0.05, 0) is 43.5 Å². The molecule has 0 saturated heterocycles. The SMILES string of the molecule is CCCOc1ccccc1NC(=O)COc1cccc(NC(=O)C2CC2)c1. The zero-order valence-electron chi connectivity index (χ0n) is 15.4. The average molecular weight is 368 g/mol. The summed E-state index contributed by atoms with van der Waals surface area (Å²) in [6.45, 7) is 2.47. The Hall–Kier alpha value is -3.02. The Kier molecular flexibility index (Phi) is 6.30. The fourth-order valence-electron chi connectivity index (χ4n) is 2.50. The highest BCUT2D eigenvalue weighted by molar-refractivity contribution is 5.94. The van der Waals surface area contributed by atoms with Crippen LogP contribution in [-0.2, 0) is 9.59 Å². The minimum Gasteiger partial charge on any atom is -0.491 e. The summed E-state index contributed by atoms with van der Waals surface area (Å²) in [6, 6.07) is 14.3. The van der Waals surface area contributed by atoms with Crippen molar-refractivity contribution in [2.45, 2.75) is 26.2 Å². The minimum atomic E-state index is -0.282. The topological polar surface area (TPSA) is 76.7 Å². The van der Waals surface area contributed by atoms with Crippen molar-refractivity contribution in [2.75, 3.05) is 23.8 Å². The Bertz CT molecular complexity index is 802. The van der Waals surface area contributed by atoms with E-state index in [0.29, 0.717) is 29.5 Å². The second kappa shape index (κ2) is 9.07. The number of para-hydroxylation sites is 2. The van der Waals surface area contributed by atoms with Crippen LogP contribution in [0.1, 0.15) is 26.2 Å². The molecule has 2 amide bonds. The highest BCUT2D eigenvalue weighted by Gasteiger charge is 2.29. The summed E-state index contributed by atoms with van der Waals surface area (Å²) in [4.78, 5) is 24.0. The number of amides is 2. The lowest BCUT2D eigenvalue weighted by Gasteiger charge is -2.13. The first-order valence-electron chi connectivity index (χ1n) is 9.21. The molecule has 1 aliphatic carbocycles. The normalized spacial score (nSPS) is 12.9. The molecular weight excluding hydrogens is 344 g/mol. The molecule has 1 aliphatic rings. The lowest BCUT2D eigenvalue weighted by Crippen LogP contribution is -2.20. The third kappa shape index (κ3) is 5.74. The largest absolute Gasteiger partial charge is 0.491 e. The highest BCUT2D eigenvalue weighted by Crippen LogP contribution is 2.30. The van der Waals surface area contributed by atoms with Crippen LogP contribution in [0.15, 0.2) is 48.5 Å². The van der Waals surface area contributed by atoms with Crippen LogP contribution in [0, 0.1) is 5.92 Å². The maximum atomic E-state index is 12.2. The molecule has 1 saturated carbocycles. The second-order valence-electron chi connectivity index (χ2n) is 6.47. The van der Waals surface area contributed by atoms with Gasteiger partial charge in [-0.25, -0.2) is 0 Å². The number of carbonyl (C=O) groups is 2. The van der Waals surface area contributed by atoms with E-state index in [1.54, 1.807) is 30.3 Å². The van der Waals surface area contributed by atoms with Gasteiger partial charge in [0.1, 0.15) is 11.5 Å². The predicted molar refractivity (Wildman–Crippen MR) is 104 cm³/mol. The molecule has 6 heteroatoms. The number of ether oxygens (including phenoxy) is 2. The van der Waals surface area contributed by atoms with E-state index in [9.17, 15) is 9.59 Å². The average Bonchev–Trinajstić information content (AvgIpc) is 3.51. The van der Waals surface area contributed by atoms with Crippen LogP contribution >= 0.6 is 0 Å². The van der Waals surface area contributed by atoms with Gasteiger partial charge in [-0.1, -0.05) is 25.1 Å². The highest BCUT2D eigenvalue weighted by atomic mass is 16.5. The minimum absolute atomic E-state index is 0.0357. The first kappa shape index (κ1) is 18.8. The number of nitrogens with one attached hydrogen (secondary N) is 2. The Balaban J connectivity index is 1.52. The van der Waals surface area contributed by atoms with Crippen LogP contribution in [0.4, 0.5) is 11.4 Å². The fourth-order valence-corrected chi connectivity index (χ4v) is 2.50. The van der Waals surface area contributed by atoms with Crippen molar-refractivity contribution in [3.63, 3.8) is 0 Å². The van der Waals surface area contributed by atoms with E-state index >= 15 is 0 Å². The first-order valence-corrected chi connectivity index (χ1v) is 9.21. The molecule has 0 atom stereocenters. The van der Waals surface area contributed by atoms with Gasteiger partial charge >= 0.3 is 0 Å².